The van der Waals surface area contributed by atoms with Crippen LogP contribution in [0.5, 0.6) is 0 Å². The van der Waals surface area contributed by atoms with Crippen LogP contribution in [0.4, 0.5) is 11.4 Å². The molecule has 1 aliphatic heterocycles. The van der Waals surface area contributed by atoms with Gasteiger partial charge in [-0.05, 0) is 73.5 Å². The molecule has 1 amide bonds. The van der Waals surface area contributed by atoms with Crippen LogP contribution in [0, 0.1) is 0 Å². The van der Waals surface area contributed by atoms with Crippen molar-refractivity contribution in [2.24, 2.45) is 0 Å². The minimum Gasteiger partial charge on any atom is -0.305 e. The van der Waals surface area contributed by atoms with Gasteiger partial charge in [-0.15, -0.1) is 0 Å². The van der Waals surface area contributed by atoms with Crippen LogP contribution in [-0.2, 0) is 16.4 Å². The number of rotatable bonds is 4. The molecule has 4 rings (SSSR count). The van der Waals surface area contributed by atoms with Crippen LogP contribution in [0.3, 0.4) is 0 Å². The number of fused-ring (bicyclic) bond motifs is 1. The predicted octanol–water partition coefficient (Wildman–Crippen LogP) is 4.76. The van der Waals surface area contributed by atoms with Gasteiger partial charge in [0.2, 0.25) is 0 Å². The minimum absolute atomic E-state index is 0.0718. The van der Waals surface area contributed by atoms with E-state index in [0.717, 1.165) is 17.7 Å². The lowest BCUT2D eigenvalue weighted by molar-refractivity contribution is 0.0981. The predicted molar refractivity (Wildman–Crippen MR) is 120 cm³/mol. The number of carbonyl (C=O) groups is 1. The molecule has 0 spiro atoms. The zero-order valence-electron chi connectivity index (χ0n) is 16.6. The minimum atomic E-state index is -3.73. The lowest BCUT2D eigenvalue weighted by atomic mass is 10.1. The summed E-state index contributed by atoms with van der Waals surface area (Å²) in [6.07, 6.45) is 0.821. The van der Waals surface area contributed by atoms with Gasteiger partial charge in [-0.25, -0.2) is 8.42 Å². The summed E-state index contributed by atoms with van der Waals surface area (Å²) in [7, 11) is -2.24. The number of para-hydroxylation sites is 1. The Balaban J connectivity index is 1.58. The van der Waals surface area contributed by atoms with Crippen LogP contribution in [0.2, 0.25) is 5.02 Å². The highest BCUT2D eigenvalue weighted by molar-refractivity contribution is 7.92. The smallest absolute Gasteiger partial charge is 0.264 e. The lowest BCUT2D eigenvalue weighted by Gasteiger charge is -2.23. The highest BCUT2D eigenvalue weighted by atomic mass is 35.5. The van der Waals surface area contributed by atoms with Gasteiger partial charge in [-0.3, -0.25) is 9.10 Å². The van der Waals surface area contributed by atoms with Crippen LogP contribution in [0.15, 0.2) is 77.7 Å². The van der Waals surface area contributed by atoms with E-state index in [4.69, 9.17) is 11.6 Å². The summed E-state index contributed by atoms with van der Waals surface area (Å²) in [5.41, 5.74) is 3.07. The molecule has 0 saturated carbocycles. The van der Waals surface area contributed by atoms with Gasteiger partial charge in [0.1, 0.15) is 0 Å². The number of carbonyl (C=O) groups excluding carboxylic acids is 1. The van der Waals surface area contributed by atoms with Gasteiger partial charge in [0, 0.05) is 29.4 Å². The average Bonchev–Trinajstić information content (AvgIpc) is 3.08. The fourth-order valence-electron chi connectivity index (χ4n) is 3.73. The summed E-state index contributed by atoms with van der Waals surface area (Å²) in [6.45, 7) is 2.03. The lowest BCUT2D eigenvalue weighted by Crippen LogP contribution is -2.35. The Morgan fingerprint density at radius 1 is 1.00 bits per heavy atom. The van der Waals surface area contributed by atoms with E-state index < -0.39 is 10.0 Å². The first-order valence-electron chi connectivity index (χ1n) is 9.55. The quantitative estimate of drug-likeness (QED) is 0.587. The summed E-state index contributed by atoms with van der Waals surface area (Å²) in [5.74, 6) is -0.0952. The Bertz CT molecular complexity index is 1190. The summed E-state index contributed by atoms with van der Waals surface area (Å²) in [4.78, 5) is 15.1. The Kier molecular flexibility index (Phi) is 5.30. The third kappa shape index (κ3) is 3.57. The number of halogens is 1. The van der Waals surface area contributed by atoms with Gasteiger partial charge in [-0.1, -0.05) is 29.8 Å². The molecule has 0 fully saturated rings. The van der Waals surface area contributed by atoms with Crippen LogP contribution >= 0.6 is 11.6 Å². The van der Waals surface area contributed by atoms with E-state index in [1.54, 1.807) is 41.3 Å². The maximum atomic E-state index is 13.1. The first-order valence-corrected chi connectivity index (χ1v) is 11.4. The molecule has 0 N–H and O–H groups in total. The molecule has 154 valence electrons. The highest BCUT2D eigenvalue weighted by Crippen LogP contribution is 2.33. The molecule has 30 heavy (non-hydrogen) atoms. The van der Waals surface area contributed by atoms with Crippen molar-refractivity contribution >= 4 is 38.9 Å². The molecule has 1 atom stereocenters. The van der Waals surface area contributed by atoms with E-state index in [-0.39, 0.29) is 16.8 Å². The molecule has 0 aliphatic carbocycles. The largest absolute Gasteiger partial charge is 0.305 e. The Morgan fingerprint density at radius 3 is 2.30 bits per heavy atom. The normalized spacial score (nSPS) is 15.7. The van der Waals surface area contributed by atoms with Crippen molar-refractivity contribution in [3.63, 3.8) is 0 Å². The van der Waals surface area contributed by atoms with E-state index in [1.165, 1.54) is 23.5 Å². The van der Waals surface area contributed by atoms with Gasteiger partial charge >= 0.3 is 0 Å². The Morgan fingerprint density at radius 2 is 1.63 bits per heavy atom. The van der Waals surface area contributed by atoms with Crippen molar-refractivity contribution in [2.75, 3.05) is 16.3 Å². The van der Waals surface area contributed by atoms with Crippen molar-refractivity contribution in [1.29, 1.82) is 0 Å². The summed E-state index contributed by atoms with van der Waals surface area (Å²) < 4.78 is 26.9. The van der Waals surface area contributed by atoms with Crippen LogP contribution in [-0.4, -0.2) is 27.4 Å². The molecule has 0 radical (unpaired) electrons. The summed E-state index contributed by atoms with van der Waals surface area (Å²) in [6, 6.07) is 20.6. The number of nitrogens with zero attached hydrogens (tertiary/aromatic N) is 2. The molecule has 0 bridgehead atoms. The van der Waals surface area contributed by atoms with E-state index in [9.17, 15) is 13.2 Å². The van der Waals surface area contributed by atoms with Crippen molar-refractivity contribution < 1.29 is 13.2 Å². The van der Waals surface area contributed by atoms with E-state index in [0.29, 0.717) is 16.3 Å². The summed E-state index contributed by atoms with van der Waals surface area (Å²) >= 11 is 5.86. The molecule has 3 aromatic rings. The third-order valence-corrected chi connectivity index (χ3v) is 7.43. The van der Waals surface area contributed by atoms with Gasteiger partial charge < -0.3 is 4.90 Å². The van der Waals surface area contributed by atoms with Crippen LogP contribution in [0.1, 0.15) is 22.8 Å². The van der Waals surface area contributed by atoms with Crippen LogP contribution in [0.25, 0.3) is 0 Å². The van der Waals surface area contributed by atoms with E-state index in [1.807, 2.05) is 31.2 Å². The number of hydrogen-bond acceptors (Lipinski definition) is 3. The number of hydrogen-bond donors (Lipinski definition) is 0. The maximum Gasteiger partial charge on any atom is 0.264 e. The average molecular weight is 441 g/mol. The molecule has 1 unspecified atom stereocenters. The number of amides is 1. The first kappa shape index (κ1) is 20.4. The molecule has 7 heteroatoms. The van der Waals surface area contributed by atoms with Gasteiger partial charge in [0.15, 0.2) is 0 Å². The highest BCUT2D eigenvalue weighted by Gasteiger charge is 2.31. The third-order valence-electron chi connectivity index (χ3n) is 5.38. The second kappa shape index (κ2) is 7.78. The van der Waals surface area contributed by atoms with Gasteiger partial charge in [-0.2, -0.15) is 0 Å². The zero-order valence-corrected chi connectivity index (χ0v) is 18.2. The molecule has 5 nitrogen and oxygen atoms in total. The Hall–Kier alpha value is -2.83. The molecular weight excluding hydrogens is 420 g/mol. The molecule has 1 aliphatic rings. The van der Waals surface area contributed by atoms with Crippen molar-refractivity contribution in [3.05, 3.63) is 88.9 Å². The second-order valence-corrected chi connectivity index (χ2v) is 9.74. The van der Waals surface area contributed by atoms with Crippen molar-refractivity contribution in [3.8, 4) is 0 Å². The van der Waals surface area contributed by atoms with Gasteiger partial charge in [0.25, 0.3) is 15.9 Å². The monoisotopic (exact) mass is 440 g/mol. The number of sulfonamides is 1. The van der Waals surface area contributed by atoms with E-state index in [2.05, 4.69) is 0 Å². The molecule has 0 aromatic heterocycles. The first-order chi connectivity index (χ1) is 14.3. The topological polar surface area (TPSA) is 57.7 Å². The fraction of sp³-hybridized carbons (Fsp3) is 0.174. The molecule has 1 heterocycles. The summed E-state index contributed by atoms with van der Waals surface area (Å²) in [5, 5.41) is 0.470. The standard InChI is InChI=1S/C23H21ClN2O3S/c1-16-15-18-5-3-4-6-22(18)26(16)23(27)17-7-11-20(12-8-17)25(2)30(28,29)21-13-9-19(24)10-14-21/h3-14,16H,15H2,1-2H3. The maximum absolute atomic E-state index is 13.1. The zero-order chi connectivity index (χ0) is 21.5. The molecule has 0 saturated heterocycles. The van der Waals surface area contributed by atoms with E-state index >= 15 is 0 Å². The molecule has 3 aromatic carbocycles. The van der Waals surface area contributed by atoms with Crippen molar-refractivity contribution in [1.82, 2.24) is 0 Å². The number of anilines is 2. The number of benzene rings is 3. The van der Waals surface area contributed by atoms with Crippen molar-refractivity contribution in [2.45, 2.75) is 24.3 Å². The fourth-order valence-corrected chi connectivity index (χ4v) is 5.05. The van der Waals surface area contributed by atoms with Crippen LogP contribution < -0.4 is 9.21 Å². The molecular formula is C23H21ClN2O3S. The Labute approximate surface area is 181 Å². The van der Waals surface area contributed by atoms with Gasteiger partial charge in [0.05, 0.1) is 10.6 Å². The SMILES string of the molecule is CC1Cc2ccccc2N1C(=O)c1ccc(N(C)S(=O)(=O)c2ccc(Cl)cc2)cc1. The second-order valence-electron chi connectivity index (χ2n) is 7.33.